The minimum atomic E-state index is -2.58. The topological polar surface area (TPSA) is 44.2 Å². The molecule has 0 atom stereocenters. The van der Waals surface area contributed by atoms with Crippen LogP contribution in [0.5, 0.6) is 0 Å². The summed E-state index contributed by atoms with van der Waals surface area (Å²) in [5.41, 5.74) is -1.75. The van der Waals surface area contributed by atoms with Crippen LogP contribution in [0.4, 0.5) is 0 Å². The Morgan fingerprint density at radius 1 is 1.31 bits per heavy atom. The molecule has 0 saturated carbocycles. The van der Waals surface area contributed by atoms with E-state index >= 15 is 0 Å². The summed E-state index contributed by atoms with van der Waals surface area (Å²) >= 11 is 0. The lowest BCUT2D eigenvalue weighted by Crippen LogP contribution is -2.41. The average molecular weight is 225 g/mol. The maximum Gasteiger partial charge on any atom is 0.498 e. The molecule has 0 radical (unpaired) electrons. The van der Waals surface area contributed by atoms with Crippen molar-refractivity contribution in [2.45, 2.75) is 45.7 Å². The Morgan fingerprint density at radius 2 is 1.94 bits per heavy atom. The molecule has 0 aliphatic carbocycles. The Hall–Kier alpha value is -0.935. The van der Waals surface area contributed by atoms with Gasteiger partial charge in [-0.1, -0.05) is 0 Å². The number of aromatic nitrogens is 2. The molecule has 2 rings (SSSR count). The lowest BCUT2D eigenvalue weighted by atomic mass is 9.79. The Bertz CT molecular complexity index is 560. The maximum atomic E-state index is 7.87. The molecule has 0 bridgehead atoms. The molecule has 0 unspecified atom stereocenters. The van der Waals surface area contributed by atoms with Crippen LogP contribution < -0.4 is 5.46 Å². The third-order valence-electron chi connectivity index (χ3n) is 3.13. The molecule has 1 aliphatic heterocycles. The molecule has 1 aromatic heterocycles. The van der Waals surface area contributed by atoms with Crippen molar-refractivity contribution < 1.29 is 16.2 Å². The van der Waals surface area contributed by atoms with Crippen LogP contribution in [0.2, 0.25) is 0 Å². The fraction of sp³-hybridized carbons (Fsp3) is 0.636. The third-order valence-corrected chi connectivity index (χ3v) is 3.13. The highest BCUT2D eigenvalue weighted by atomic mass is 16.7. The first-order valence-corrected chi connectivity index (χ1v) is 5.06. The van der Waals surface area contributed by atoms with Crippen molar-refractivity contribution in [1.82, 2.24) is 9.97 Å². The summed E-state index contributed by atoms with van der Waals surface area (Å²) in [5, 5.41) is 0. The van der Waals surface area contributed by atoms with Crippen molar-refractivity contribution in [3.63, 3.8) is 0 Å². The van der Waals surface area contributed by atoms with Crippen LogP contribution in [-0.2, 0) is 9.31 Å². The normalized spacial score (nSPS) is 27.8. The van der Waals surface area contributed by atoms with Gasteiger partial charge in [-0.15, -0.1) is 0 Å². The summed E-state index contributed by atoms with van der Waals surface area (Å²) in [6, 6.07) is 0. The highest BCUT2D eigenvalue weighted by Crippen LogP contribution is 2.36. The van der Waals surface area contributed by atoms with Crippen LogP contribution >= 0.6 is 0 Å². The fourth-order valence-electron chi connectivity index (χ4n) is 1.40. The van der Waals surface area contributed by atoms with Gasteiger partial charge in [0.2, 0.25) is 0 Å². The van der Waals surface area contributed by atoms with E-state index in [-0.39, 0.29) is 17.3 Å². The first-order valence-electron chi connectivity index (χ1n) is 7.56. The average Bonchev–Trinajstić information content (AvgIpc) is 2.44. The first kappa shape index (κ1) is 6.72. The van der Waals surface area contributed by atoms with E-state index in [0.717, 1.165) is 0 Å². The third kappa shape index (κ3) is 1.74. The molecule has 1 fully saturated rings. The Balaban J connectivity index is 2.56. The first-order chi connectivity index (χ1) is 9.35. The van der Waals surface area contributed by atoms with Crippen molar-refractivity contribution in [3.05, 3.63) is 18.2 Å². The van der Waals surface area contributed by atoms with E-state index in [1.54, 1.807) is 0 Å². The highest BCUT2D eigenvalue weighted by Gasteiger charge is 2.52. The van der Waals surface area contributed by atoms with Crippen molar-refractivity contribution in [3.8, 4) is 0 Å². The van der Waals surface area contributed by atoms with E-state index in [4.69, 9.17) is 16.2 Å². The molecule has 1 aromatic rings. The van der Waals surface area contributed by atoms with Crippen molar-refractivity contribution in [2.75, 3.05) is 0 Å². The zero-order valence-electron chi connectivity index (χ0n) is 14.8. The van der Waals surface area contributed by atoms with Gasteiger partial charge in [0, 0.05) is 21.4 Å². The smallest absolute Gasteiger partial charge is 0.399 e. The zero-order chi connectivity index (χ0) is 16.2. The lowest BCUT2D eigenvalue weighted by molar-refractivity contribution is 0.00578. The van der Waals surface area contributed by atoms with Gasteiger partial charge < -0.3 is 9.31 Å². The molecular formula is C11H17BN2O2. The molecule has 4 nitrogen and oxygen atoms in total. The van der Waals surface area contributed by atoms with Crippen LogP contribution in [0.15, 0.2) is 12.5 Å². The van der Waals surface area contributed by atoms with E-state index in [1.807, 2.05) is 27.7 Å². The maximum absolute atomic E-state index is 7.87. The van der Waals surface area contributed by atoms with Gasteiger partial charge in [-0.2, -0.15) is 0 Å². The minimum Gasteiger partial charge on any atom is -0.399 e. The molecule has 1 aliphatic rings. The fourth-order valence-corrected chi connectivity index (χ4v) is 1.40. The predicted molar refractivity (Wildman–Crippen MR) is 62.5 cm³/mol. The Labute approximate surface area is 104 Å². The van der Waals surface area contributed by atoms with Gasteiger partial charge in [0.15, 0.2) is 0 Å². The summed E-state index contributed by atoms with van der Waals surface area (Å²) in [7, 11) is -1.04. The van der Waals surface area contributed by atoms with Gasteiger partial charge in [0.25, 0.3) is 0 Å². The van der Waals surface area contributed by atoms with Crippen LogP contribution in [0, 0.1) is 6.85 Å². The number of nitrogens with zero attached hydrogens (tertiary/aromatic N) is 2. The number of hydrogen-bond acceptors (Lipinski definition) is 4. The zero-order valence-corrected chi connectivity index (χ0v) is 9.79. The molecule has 0 spiro atoms. The summed E-state index contributed by atoms with van der Waals surface area (Å²) in [6.07, 6.45) is -0.869. The van der Waals surface area contributed by atoms with Crippen molar-refractivity contribution in [1.29, 1.82) is 0 Å². The monoisotopic (exact) mass is 225 g/mol. The second-order valence-corrected chi connectivity index (χ2v) is 4.79. The molecule has 0 aromatic carbocycles. The summed E-state index contributed by atoms with van der Waals surface area (Å²) < 4.78 is 49.4. The van der Waals surface area contributed by atoms with E-state index in [9.17, 15) is 0 Å². The second kappa shape index (κ2) is 3.53. The van der Waals surface area contributed by atoms with Gasteiger partial charge in [-0.05, 0) is 34.5 Å². The van der Waals surface area contributed by atoms with Crippen LogP contribution in [0.1, 0.15) is 40.2 Å². The van der Waals surface area contributed by atoms with Gasteiger partial charge in [-0.25, -0.2) is 9.97 Å². The van der Waals surface area contributed by atoms with E-state index < -0.39 is 31.5 Å². The Kier molecular flexibility index (Phi) is 1.48. The predicted octanol–water partition coefficient (Wildman–Crippen LogP) is 1.08. The summed E-state index contributed by atoms with van der Waals surface area (Å²) in [6.45, 7) is 4.72. The number of rotatable bonds is 1. The minimum absolute atomic E-state index is 0.0374. The van der Waals surface area contributed by atoms with E-state index in [1.165, 1.54) is 0 Å². The van der Waals surface area contributed by atoms with Gasteiger partial charge in [0.1, 0.15) is 7.67 Å². The number of hydrogen-bond donors (Lipinski definition) is 0. The summed E-state index contributed by atoms with van der Waals surface area (Å²) in [4.78, 5) is 7.26. The molecule has 0 N–H and O–H groups in total. The van der Waals surface area contributed by atoms with Crippen molar-refractivity contribution >= 4 is 12.6 Å². The van der Waals surface area contributed by atoms with Crippen LogP contribution in [-0.4, -0.2) is 28.3 Å². The SMILES string of the molecule is [2H]c1nc([2H])c(B2OC(C)(C)C(C)(C)O2)c(C([2H])([2H])[2H])n1. The lowest BCUT2D eigenvalue weighted by Gasteiger charge is -2.32. The van der Waals surface area contributed by atoms with E-state index in [2.05, 4.69) is 9.97 Å². The second-order valence-electron chi connectivity index (χ2n) is 4.79. The van der Waals surface area contributed by atoms with Gasteiger partial charge in [-0.3, -0.25) is 0 Å². The standard InChI is InChI=1S/C11H17BN2O2/c1-8-9(6-13-7-14-8)12-15-10(2,3)11(4,5)16-12/h6-7H,1-5H3/i1D3,6D,7D. The molecule has 1 saturated heterocycles. The molecule has 86 valence electrons. The summed E-state index contributed by atoms with van der Waals surface area (Å²) in [5.74, 6) is 0. The quantitative estimate of drug-likeness (QED) is 0.671. The largest absolute Gasteiger partial charge is 0.498 e. The highest BCUT2D eigenvalue weighted by molar-refractivity contribution is 6.62. The molecular weight excluding hydrogens is 203 g/mol. The van der Waals surface area contributed by atoms with Gasteiger partial charge >= 0.3 is 7.12 Å². The Morgan fingerprint density at radius 3 is 2.50 bits per heavy atom. The number of aryl methyl sites for hydroxylation is 1. The van der Waals surface area contributed by atoms with Crippen molar-refractivity contribution in [2.24, 2.45) is 0 Å². The molecule has 0 amide bonds. The molecule has 5 heteroatoms. The van der Waals surface area contributed by atoms with Crippen LogP contribution in [0.3, 0.4) is 0 Å². The molecule has 2 heterocycles. The van der Waals surface area contributed by atoms with E-state index in [0.29, 0.717) is 0 Å². The molecule has 16 heavy (non-hydrogen) atoms. The van der Waals surface area contributed by atoms with Gasteiger partial charge in [0.05, 0.1) is 12.6 Å². The van der Waals surface area contributed by atoms with Crippen LogP contribution in [0.25, 0.3) is 0 Å².